The van der Waals surface area contributed by atoms with E-state index in [0.717, 1.165) is 13.0 Å². The van der Waals surface area contributed by atoms with E-state index in [0.29, 0.717) is 12.1 Å². The second-order valence-electron chi connectivity index (χ2n) is 7.11. The van der Waals surface area contributed by atoms with Gasteiger partial charge in [-0.1, -0.05) is 6.42 Å². The van der Waals surface area contributed by atoms with E-state index in [2.05, 4.69) is 36.0 Å². The highest BCUT2D eigenvalue weighted by Crippen LogP contribution is 2.20. The summed E-state index contributed by atoms with van der Waals surface area (Å²) in [5, 5.41) is 3.77. The van der Waals surface area contributed by atoms with Crippen molar-refractivity contribution in [2.45, 2.75) is 57.2 Å². The normalized spacial score (nSPS) is 31.6. The molecular formula is C15H32N4. The molecule has 112 valence electrons. The Morgan fingerprint density at radius 3 is 2.47 bits per heavy atom. The summed E-state index contributed by atoms with van der Waals surface area (Å²) < 4.78 is 0. The SMILES string of the molecule is CN1CCN(C(C)(C)CNC2CCCC(N)C2)CC1. The van der Waals surface area contributed by atoms with Gasteiger partial charge in [0.2, 0.25) is 0 Å². The van der Waals surface area contributed by atoms with Crippen LogP contribution in [0, 0.1) is 0 Å². The third-order valence-corrected chi connectivity index (χ3v) is 4.90. The maximum atomic E-state index is 6.07. The van der Waals surface area contributed by atoms with Crippen LogP contribution in [0.3, 0.4) is 0 Å². The highest BCUT2D eigenvalue weighted by Gasteiger charge is 2.30. The molecule has 4 heteroatoms. The lowest BCUT2D eigenvalue weighted by molar-refractivity contribution is 0.0590. The molecule has 2 fully saturated rings. The summed E-state index contributed by atoms with van der Waals surface area (Å²) in [6.07, 6.45) is 4.94. The van der Waals surface area contributed by atoms with Crippen LogP contribution < -0.4 is 11.1 Å². The quantitative estimate of drug-likeness (QED) is 0.794. The van der Waals surface area contributed by atoms with E-state index in [-0.39, 0.29) is 5.54 Å². The molecule has 0 aromatic heterocycles. The molecule has 1 saturated heterocycles. The van der Waals surface area contributed by atoms with E-state index in [1.165, 1.54) is 45.4 Å². The van der Waals surface area contributed by atoms with Gasteiger partial charge < -0.3 is 16.0 Å². The van der Waals surface area contributed by atoms with Crippen LogP contribution in [0.1, 0.15) is 39.5 Å². The van der Waals surface area contributed by atoms with Crippen LogP contribution in [0.25, 0.3) is 0 Å². The van der Waals surface area contributed by atoms with Crippen LogP contribution >= 0.6 is 0 Å². The van der Waals surface area contributed by atoms with Crippen LogP contribution in [-0.2, 0) is 0 Å². The number of likely N-dealkylation sites (N-methyl/N-ethyl adjacent to an activating group) is 1. The van der Waals surface area contributed by atoms with Crippen molar-refractivity contribution in [2.24, 2.45) is 5.73 Å². The van der Waals surface area contributed by atoms with Crippen molar-refractivity contribution in [1.82, 2.24) is 15.1 Å². The van der Waals surface area contributed by atoms with Gasteiger partial charge in [0.25, 0.3) is 0 Å². The molecule has 0 spiro atoms. The first-order valence-corrected chi connectivity index (χ1v) is 7.90. The van der Waals surface area contributed by atoms with Gasteiger partial charge >= 0.3 is 0 Å². The number of rotatable bonds is 4. The lowest BCUT2D eigenvalue weighted by Crippen LogP contribution is -2.58. The molecule has 1 aliphatic heterocycles. The van der Waals surface area contributed by atoms with Gasteiger partial charge in [-0.05, 0) is 40.2 Å². The van der Waals surface area contributed by atoms with E-state index in [4.69, 9.17) is 5.73 Å². The summed E-state index contributed by atoms with van der Waals surface area (Å²) in [5.74, 6) is 0. The van der Waals surface area contributed by atoms with Crippen LogP contribution in [0.5, 0.6) is 0 Å². The maximum Gasteiger partial charge on any atom is 0.0278 e. The number of nitrogens with one attached hydrogen (secondary N) is 1. The Morgan fingerprint density at radius 1 is 1.16 bits per heavy atom. The molecule has 2 rings (SSSR count). The molecule has 0 aromatic carbocycles. The summed E-state index contributed by atoms with van der Waals surface area (Å²) in [6.45, 7) is 10.6. The fraction of sp³-hybridized carbons (Fsp3) is 1.00. The molecule has 0 radical (unpaired) electrons. The highest BCUT2D eigenvalue weighted by atomic mass is 15.3. The Balaban J connectivity index is 1.76. The number of nitrogens with two attached hydrogens (primary N) is 1. The molecular weight excluding hydrogens is 236 g/mol. The summed E-state index contributed by atoms with van der Waals surface area (Å²) >= 11 is 0. The molecule has 3 N–H and O–H groups in total. The predicted octanol–water partition coefficient (Wildman–Crippen LogP) is 0.872. The van der Waals surface area contributed by atoms with Crippen molar-refractivity contribution in [3.05, 3.63) is 0 Å². The van der Waals surface area contributed by atoms with Crippen molar-refractivity contribution in [1.29, 1.82) is 0 Å². The largest absolute Gasteiger partial charge is 0.328 e. The Labute approximate surface area is 118 Å². The summed E-state index contributed by atoms with van der Waals surface area (Å²) in [4.78, 5) is 5.04. The minimum Gasteiger partial charge on any atom is -0.328 e. The van der Waals surface area contributed by atoms with E-state index in [1.54, 1.807) is 0 Å². The molecule has 4 nitrogen and oxygen atoms in total. The first kappa shape index (κ1) is 15.2. The predicted molar refractivity (Wildman–Crippen MR) is 81.4 cm³/mol. The molecule has 2 atom stereocenters. The fourth-order valence-electron chi connectivity index (χ4n) is 3.33. The van der Waals surface area contributed by atoms with E-state index in [9.17, 15) is 0 Å². The minimum atomic E-state index is 0.253. The van der Waals surface area contributed by atoms with Crippen LogP contribution in [-0.4, -0.2) is 67.2 Å². The van der Waals surface area contributed by atoms with Crippen LogP contribution in [0.2, 0.25) is 0 Å². The number of hydrogen-bond acceptors (Lipinski definition) is 4. The molecule has 0 amide bonds. The minimum absolute atomic E-state index is 0.253. The molecule has 2 unspecified atom stereocenters. The highest BCUT2D eigenvalue weighted by molar-refractivity contribution is 4.89. The van der Waals surface area contributed by atoms with Crippen molar-refractivity contribution in [2.75, 3.05) is 39.8 Å². The van der Waals surface area contributed by atoms with Gasteiger partial charge in [0.1, 0.15) is 0 Å². The van der Waals surface area contributed by atoms with Gasteiger partial charge in [-0.2, -0.15) is 0 Å². The number of nitrogens with zero attached hydrogens (tertiary/aromatic N) is 2. The monoisotopic (exact) mass is 268 g/mol. The molecule has 19 heavy (non-hydrogen) atoms. The van der Waals surface area contributed by atoms with E-state index in [1.807, 2.05) is 0 Å². The second kappa shape index (κ2) is 6.53. The molecule has 1 aliphatic carbocycles. The lowest BCUT2D eigenvalue weighted by Gasteiger charge is -2.44. The average molecular weight is 268 g/mol. The van der Waals surface area contributed by atoms with Crippen molar-refractivity contribution in [3.8, 4) is 0 Å². The smallest absolute Gasteiger partial charge is 0.0278 e. The standard InChI is InChI=1S/C15H32N4/c1-15(2,19-9-7-18(3)8-10-19)12-17-14-6-4-5-13(16)11-14/h13-14,17H,4-12,16H2,1-3H3. The Morgan fingerprint density at radius 2 is 1.84 bits per heavy atom. The summed E-state index contributed by atoms with van der Waals surface area (Å²) in [7, 11) is 2.21. The van der Waals surface area contributed by atoms with Crippen molar-refractivity contribution in [3.63, 3.8) is 0 Å². The molecule has 0 bridgehead atoms. The number of piperazine rings is 1. The van der Waals surface area contributed by atoms with E-state index < -0.39 is 0 Å². The zero-order chi connectivity index (χ0) is 13.9. The average Bonchev–Trinajstić information content (AvgIpc) is 2.37. The summed E-state index contributed by atoms with van der Waals surface area (Å²) in [6, 6.07) is 1.05. The Hall–Kier alpha value is -0.160. The zero-order valence-electron chi connectivity index (χ0n) is 13.0. The summed E-state index contributed by atoms with van der Waals surface area (Å²) in [5.41, 5.74) is 6.32. The molecule has 0 aromatic rings. The third kappa shape index (κ3) is 4.42. The second-order valence-corrected chi connectivity index (χ2v) is 7.11. The van der Waals surface area contributed by atoms with Gasteiger partial charge in [0.05, 0.1) is 0 Å². The lowest BCUT2D eigenvalue weighted by atomic mass is 9.90. The molecule has 1 saturated carbocycles. The van der Waals surface area contributed by atoms with Crippen LogP contribution in [0.15, 0.2) is 0 Å². The maximum absolute atomic E-state index is 6.07. The van der Waals surface area contributed by atoms with Crippen molar-refractivity contribution >= 4 is 0 Å². The van der Waals surface area contributed by atoms with Gasteiger partial charge in [0, 0.05) is 50.3 Å². The molecule has 1 heterocycles. The van der Waals surface area contributed by atoms with Gasteiger partial charge in [-0.25, -0.2) is 0 Å². The Kier molecular flexibility index (Phi) is 5.23. The zero-order valence-corrected chi connectivity index (χ0v) is 13.0. The van der Waals surface area contributed by atoms with Gasteiger partial charge in [-0.3, -0.25) is 4.90 Å². The first-order chi connectivity index (χ1) is 8.97. The third-order valence-electron chi connectivity index (χ3n) is 4.90. The fourth-order valence-corrected chi connectivity index (χ4v) is 3.33. The first-order valence-electron chi connectivity index (χ1n) is 7.90. The van der Waals surface area contributed by atoms with Gasteiger partial charge in [0.15, 0.2) is 0 Å². The molecule has 2 aliphatic rings. The number of hydrogen-bond donors (Lipinski definition) is 2. The van der Waals surface area contributed by atoms with Gasteiger partial charge in [-0.15, -0.1) is 0 Å². The topological polar surface area (TPSA) is 44.5 Å². The van der Waals surface area contributed by atoms with E-state index >= 15 is 0 Å². The van der Waals surface area contributed by atoms with Crippen LogP contribution in [0.4, 0.5) is 0 Å². The Bertz CT molecular complexity index is 271. The van der Waals surface area contributed by atoms with Crippen molar-refractivity contribution < 1.29 is 0 Å².